The molecule has 16 heavy (non-hydrogen) atoms. The minimum absolute atomic E-state index is 0.172. The molecule has 0 spiro atoms. The summed E-state index contributed by atoms with van der Waals surface area (Å²) < 4.78 is 1.69. The number of rotatable bonds is 2. The van der Waals surface area contributed by atoms with Crippen molar-refractivity contribution < 1.29 is 9.90 Å². The Kier molecular flexibility index (Phi) is 2.62. The summed E-state index contributed by atoms with van der Waals surface area (Å²) in [5, 5.41) is 9.17. The van der Waals surface area contributed by atoms with Gasteiger partial charge in [0.15, 0.2) is 0 Å². The number of carbonyl (C=O) groups is 1. The molecule has 84 valence electrons. The number of pyridine rings is 1. The van der Waals surface area contributed by atoms with Crippen molar-refractivity contribution in [2.75, 3.05) is 14.1 Å². The molecule has 2 aromatic heterocycles. The maximum Gasteiger partial charge on any atom is 0.289 e. The molecule has 0 aromatic carbocycles. The van der Waals surface area contributed by atoms with Crippen LogP contribution in [0.4, 0.5) is 0 Å². The van der Waals surface area contributed by atoms with Crippen molar-refractivity contribution in [3.63, 3.8) is 0 Å². The summed E-state index contributed by atoms with van der Waals surface area (Å²) in [5.74, 6) is 0.144. The number of imidazole rings is 1. The van der Waals surface area contributed by atoms with Gasteiger partial charge in [-0.2, -0.15) is 0 Å². The third-order valence-corrected chi connectivity index (χ3v) is 2.37. The van der Waals surface area contributed by atoms with Gasteiger partial charge in [0.05, 0.1) is 17.8 Å². The molecule has 2 rings (SSSR count). The van der Waals surface area contributed by atoms with Crippen LogP contribution in [0.2, 0.25) is 0 Å². The molecule has 0 aliphatic rings. The smallest absolute Gasteiger partial charge is 0.289 e. The standard InChI is InChI=1S/C11H13N3O2/c1-13(2)11(16)10-12-8(7-15)9-5-3-4-6-14(9)10/h3-6,15H,7H2,1-2H3. The lowest BCUT2D eigenvalue weighted by molar-refractivity contribution is 0.0815. The fraction of sp³-hybridized carbons (Fsp3) is 0.273. The van der Waals surface area contributed by atoms with Crippen molar-refractivity contribution in [2.45, 2.75) is 6.61 Å². The fourth-order valence-corrected chi connectivity index (χ4v) is 1.57. The maximum atomic E-state index is 11.8. The number of aliphatic hydroxyl groups is 1. The number of aromatic nitrogens is 2. The van der Waals surface area contributed by atoms with Crippen molar-refractivity contribution in [2.24, 2.45) is 0 Å². The second-order valence-corrected chi connectivity index (χ2v) is 3.70. The molecule has 0 bridgehead atoms. The van der Waals surface area contributed by atoms with Crippen LogP contribution in [0.1, 0.15) is 16.3 Å². The first-order chi connectivity index (χ1) is 7.65. The van der Waals surface area contributed by atoms with Gasteiger partial charge in [-0.05, 0) is 12.1 Å². The number of hydrogen-bond acceptors (Lipinski definition) is 3. The Morgan fingerprint density at radius 1 is 1.50 bits per heavy atom. The SMILES string of the molecule is CN(C)C(=O)c1nc(CO)c2ccccn12. The van der Waals surface area contributed by atoms with Crippen LogP contribution in [0.5, 0.6) is 0 Å². The molecule has 0 saturated carbocycles. The van der Waals surface area contributed by atoms with Gasteiger partial charge >= 0.3 is 0 Å². The van der Waals surface area contributed by atoms with Gasteiger partial charge in [-0.3, -0.25) is 9.20 Å². The number of amides is 1. The molecule has 0 unspecified atom stereocenters. The lowest BCUT2D eigenvalue weighted by atomic mass is 10.3. The summed E-state index contributed by atoms with van der Waals surface area (Å²) in [7, 11) is 3.34. The van der Waals surface area contributed by atoms with Crippen molar-refractivity contribution in [3.8, 4) is 0 Å². The molecule has 5 nitrogen and oxygen atoms in total. The lowest BCUT2D eigenvalue weighted by Gasteiger charge is -2.08. The van der Waals surface area contributed by atoms with E-state index in [-0.39, 0.29) is 12.5 Å². The highest BCUT2D eigenvalue weighted by Gasteiger charge is 2.17. The molecule has 1 amide bonds. The third kappa shape index (κ3) is 1.55. The van der Waals surface area contributed by atoms with E-state index in [2.05, 4.69) is 4.98 Å². The van der Waals surface area contributed by atoms with Crippen molar-refractivity contribution >= 4 is 11.4 Å². The zero-order chi connectivity index (χ0) is 11.7. The van der Waals surface area contributed by atoms with Crippen LogP contribution in [-0.4, -0.2) is 39.4 Å². The number of fused-ring (bicyclic) bond motifs is 1. The summed E-state index contributed by atoms with van der Waals surface area (Å²) in [5.41, 5.74) is 1.28. The van der Waals surface area contributed by atoms with Gasteiger partial charge < -0.3 is 10.0 Å². The summed E-state index contributed by atoms with van der Waals surface area (Å²) in [6.45, 7) is -0.172. The van der Waals surface area contributed by atoms with E-state index < -0.39 is 0 Å². The minimum Gasteiger partial charge on any atom is -0.390 e. The first-order valence-electron chi connectivity index (χ1n) is 4.93. The van der Waals surface area contributed by atoms with E-state index in [9.17, 15) is 4.79 Å². The molecule has 0 fully saturated rings. The topological polar surface area (TPSA) is 57.8 Å². The molecular weight excluding hydrogens is 206 g/mol. The van der Waals surface area contributed by atoms with Crippen molar-refractivity contribution in [1.82, 2.24) is 14.3 Å². The highest BCUT2D eigenvalue weighted by Crippen LogP contribution is 2.13. The molecular formula is C11H13N3O2. The van der Waals surface area contributed by atoms with Gasteiger partial charge in [0, 0.05) is 20.3 Å². The Morgan fingerprint density at radius 2 is 2.25 bits per heavy atom. The normalized spacial score (nSPS) is 10.7. The third-order valence-electron chi connectivity index (χ3n) is 2.37. The van der Waals surface area contributed by atoms with Crippen molar-refractivity contribution in [1.29, 1.82) is 0 Å². The number of aliphatic hydroxyl groups excluding tert-OH is 1. The molecule has 0 saturated heterocycles. The monoisotopic (exact) mass is 219 g/mol. The Morgan fingerprint density at radius 3 is 2.88 bits per heavy atom. The Balaban J connectivity index is 2.66. The van der Waals surface area contributed by atoms with Gasteiger partial charge in [0.1, 0.15) is 0 Å². The zero-order valence-corrected chi connectivity index (χ0v) is 9.21. The van der Waals surface area contributed by atoms with E-state index in [1.54, 1.807) is 24.7 Å². The second-order valence-electron chi connectivity index (χ2n) is 3.70. The van der Waals surface area contributed by atoms with E-state index >= 15 is 0 Å². The van der Waals surface area contributed by atoms with Crippen LogP contribution < -0.4 is 0 Å². The lowest BCUT2D eigenvalue weighted by Crippen LogP contribution is -2.24. The Bertz CT molecular complexity index is 531. The summed E-state index contributed by atoms with van der Waals surface area (Å²) in [6, 6.07) is 5.49. The minimum atomic E-state index is -0.180. The second kappa shape index (κ2) is 3.94. The first kappa shape index (κ1) is 10.6. The van der Waals surface area contributed by atoms with E-state index in [1.165, 1.54) is 4.90 Å². The maximum absolute atomic E-state index is 11.8. The predicted molar refractivity (Wildman–Crippen MR) is 59.1 cm³/mol. The number of nitrogens with zero attached hydrogens (tertiary/aromatic N) is 3. The van der Waals surface area contributed by atoms with Crippen LogP contribution in [0.3, 0.4) is 0 Å². The largest absolute Gasteiger partial charge is 0.390 e. The average molecular weight is 219 g/mol. The van der Waals surface area contributed by atoms with Crippen LogP contribution in [0, 0.1) is 0 Å². The van der Waals surface area contributed by atoms with E-state index in [4.69, 9.17) is 5.11 Å². The number of carbonyl (C=O) groups excluding carboxylic acids is 1. The Labute approximate surface area is 92.9 Å². The average Bonchev–Trinajstić information content (AvgIpc) is 2.66. The molecule has 0 radical (unpaired) electrons. The van der Waals surface area contributed by atoms with Crippen molar-refractivity contribution in [3.05, 3.63) is 35.9 Å². The highest BCUT2D eigenvalue weighted by molar-refractivity contribution is 5.91. The predicted octanol–water partition coefficient (Wildman–Crippen LogP) is 0.528. The Hall–Kier alpha value is -1.88. The van der Waals surface area contributed by atoms with Gasteiger partial charge in [0.25, 0.3) is 5.91 Å². The van der Waals surface area contributed by atoms with Gasteiger partial charge in [-0.25, -0.2) is 4.98 Å². The fourth-order valence-electron chi connectivity index (χ4n) is 1.57. The molecule has 5 heteroatoms. The summed E-state index contributed by atoms with van der Waals surface area (Å²) >= 11 is 0. The molecule has 2 aromatic rings. The molecule has 0 aliphatic heterocycles. The van der Waals surface area contributed by atoms with Crippen LogP contribution in [0.25, 0.3) is 5.52 Å². The van der Waals surface area contributed by atoms with Crippen LogP contribution in [-0.2, 0) is 6.61 Å². The molecule has 0 aliphatic carbocycles. The van der Waals surface area contributed by atoms with E-state index in [0.29, 0.717) is 11.5 Å². The van der Waals surface area contributed by atoms with Crippen LogP contribution in [0.15, 0.2) is 24.4 Å². The highest BCUT2D eigenvalue weighted by atomic mass is 16.3. The van der Waals surface area contributed by atoms with Gasteiger partial charge in [-0.1, -0.05) is 6.07 Å². The zero-order valence-electron chi connectivity index (χ0n) is 9.21. The molecule has 2 heterocycles. The van der Waals surface area contributed by atoms with Crippen LogP contribution >= 0.6 is 0 Å². The first-order valence-corrected chi connectivity index (χ1v) is 4.93. The van der Waals surface area contributed by atoms with E-state index in [1.807, 2.05) is 18.2 Å². The molecule has 1 N–H and O–H groups in total. The van der Waals surface area contributed by atoms with Gasteiger partial charge in [-0.15, -0.1) is 0 Å². The van der Waals surface area contributed by atoms with E-state index in [0.717, 1.165) is 5.52 Å². The summed E-state index contributed by atoms with van der Waals surface area (Å²) in [4.78, 5) is 17.5. The quantitative estimate of drug-likeness (QED) is 0.801. The number of hydrogen-bond donors (Lipinski definition) is 1. The summed E-state index contributed by atoms with van der Waals surface area (Å²) in [6.07, 6.45) is 1.76. The van der Waals surface area contributed by atoms with Gasteiger partial charge in [0.2, 0.25) is 5.82 Å². The molecule has 0 atom stereocenters.